The van der Waals surface area contributed by atoms with Gasteiger partial charge in [-0.3, -0.25) is 0 Å². The van der Waals surface area contributed by atoms with Crippen LogP contribution in [0.2, 0.25) is 0 Å². The number of benzene rings is 1. The molecule has 0 radical (unpaired) electrons. The second-order valence-corrected chi connectivity index (χ2v) is 5.39. The molecule has 1 aliphatic rings. The summed E-state index contributed by atoms with van der Waals surface area (Å²) in [5, 5.41) is 0. The molecule has 0 amide bonds. The highest BCUT2D eigenvalue weighted by Gasteiger charge is 2.17. The minimum atomic E-state index is 0.898. The van der Waals surface area contributed by atoms with E-state index in [9.17, 15) is 0 Å². The second kappa shape index (κ2) is 6.67. The highest BCUT2D eigenvalue weighted by atomic mass is 15.1. The lowest BCUT2D eigenvalue weighted by Gasteiger charge is -2.19. The summed E-state index contributed by atoms with van der Waals surface area (Å²) in [5.41, 5.74) is 9.57. The van der Waals surface area contributed by atoms with Gasteiger partial charge in [-0.1, -0.05) is 39.0 Å². The Morgan fingerprint density at radius 2 is 1.89 bits per heavy atom. The smallest absolute Gasteiger partial charge is 0.0401 e. The number of hydrogen-bond acceptors (Lipinski definition) is 2. The van der Waals surface area contributed by atoms with E-state index in [4.69, 9.17) is 5.73 Å². The molecule has 2 heteroatoms. The number of anilines is 2. The van der Waals surface area contributed by atoms with Gasteiger partial charge in [0.15, 0.2) is 0 Å². The first-order chi connectivity index (χ1) is 8.81. The summed E-state index contributed by atoms with van der Waals surface area (Å²) in [7, 11) is 0. The van der Waals surface area contributed by atoms with Crippen LogP contribution in [0.4, 0.5) is 11.4 Å². The molecule has 1 heterocycles. The molecular weight excluding hydrogens is 220 g/mol. The third kappa shape index (κ3) is 3.41. The van der Waals surface area contributed by atoms with E-state index in [0.29, 0.717) is 0 Å². The number of rotatable bonds is 7. The van der Waals surface area contributed by atoms with Crippen LogP contribution < -0.4 is 10.6 Å². The molecule has 1 aromatic carbocycles. The summed E-state index contributed by atoms with van der Waals surface area (Å²) in [4.78, 5) is 2.52. The van der Waals surface area contributed by atoms with Gasteiger partial charge in [0, 0.05) is 24.5 Å². The van der Waals surface area contributed by atoms with Gasteiger partial charge in [0.05, 0.1) is 0 Å². The van der Waals surface area contributed by atoms with Gasteiger partial charge >= 0.3 is 0 Å². The maximum absolute atomic E-state index is 5.83. The summed E-state index contributed by atoms with van der Waals surface area (Å²) in [5.74, 6) is 0. The molecule has 0 saturated heterocycles. The lowest BCUT2D eigenvalue weighted by Crippen LogP contribution is -2.21. The highest BCUT2D eigenvalue weighted by molar-refractivity contribution is 5.62. The molecule has 1 aromatic rings. The van der Waals surface area contributed by atoms with Crippen molar-refractivity contribution >= 4 is 11.4 Å². The zero-order valence-corrected chi connectivity index (χ0v) is 11.6. The normalized spacial score (nSPS) is 13.9. The van der Waals surface area contributed by atoms with Crippen LogP contribution >= 0.6 is 0 Å². The van der Waals surface area contributed by atoms with Crippen molar-refractivity contribution in [2.24, 2.45) is 0 Å². The van der Waals surface area contributed by atoms with E-state index in [1.165, 1.54) is 62.9 Å². The number of unbranched alkanes of at least 4 members (excludes halogenated alkanes) is 5. The minimum Gasteiger partial charge on any atom is -0.399 e. The fraction of sp³-hybridized carbons (Fsp3) is 0.625. The molecular formula is C16H26N2. The Bertz CT molecular complexity index is 373. The topological polar surface area (TPSA) is 29.3 Å². The Kier molecular flexibility index (Phi) is 4.91. The molecule has 0 aromatic heterocycles. The number of fused-ring (bicyclic) bond motifs is 1. The van der Waals surface area contributed by atoms with E-state index >= 15 is 0 Å². The molecule has 0 atom stereocenters. The fourth-order valence-corrected chi connectivity index (χ4v) is 2.81. The number of nitrogens with zero attached hydrogens (tertiary/aromatic N) is 1. The van der Waals surface area contributed by atoms with Gasteiger partial charge in [-0.2, -0.15) is 0 Å². The van der Waals surface area contributed by atoms with Crippen molar-refractivity contribution in [3.8, 4) is 0 Å². The van der Waals surface area contributed by atoms with Crippen molar-refractivity contribution in [3.05, 3.63) is 23.8 Å². The maximum Gasteiger partial charge on any atom is 0.0401 e. The third-order valence-electron chi connectivity index (χ3n) is 3.88. The van der Waals surface area contributed by atoms with Crippen LogP contribution in [0.3, 0.4) is 0 Å². The van der Waals surface area contributed by atoms with Gasteiger partial charge in [-0.15, -0.1) is 0 Å². The molecule has 0 bridgehead atoms. The van der Waals surface area contributed by atoms with Gasteiger partial charge in [-0.05, 0) is 36.6 Å². The summed E-state index contributed by atoms with van der Waals surface area (Å²) in [6.07, 6.45) is 9.40. The highest BCUT2D eigenvalue weighted by Crippen LogP contribution is 2.29. The molecule has 2 rings (SSSR count). The van der Waals surface area contributed by atoms with Gasteiger partial charge in [0.25, 0.3) is 0 Å². The van der Waals surface area contributed by atoms with E-state index < -0.39 is 0 Å². The Morgan fingerprint density at radius 1 is 1.11 bits per heavy atom. The number of nitrogens with two attached hydrogens (primary N) is 1. The third-order valence-corrected chi connectivity index (χ3v) is 3.88. The molecule has 2 N–H and O–H groups in total. The summed E-state index contributed by atoms with van der Waals surface area (Å²) in [6, 6.07) is 6.35. The average Bonchev–Trinajstić information content (AvgIpc) is 2.76. The van der Waals surface area contributed by atoms with Crippen LogP contribution in [0.1, 0.15) is 51.0 Å². The molecule has 100 valence electrons. The van der Waals surface area contributed by atoms with Crippen LogP contribution in [0.5, 0.6) is 0 Å². The van der Waals surface area contributed by atoms with E-state index in [2.05, 4.69) is 24.0 Å². The van der Waals surface area contributed by atoms with Gasteiger partial charge in [0.2, 0.25) is 0 Å². The summed E-state index contributed by atoms with van der Waals surface area (Å²) in [6.45, 7) is 4.66. The predicted octanol–water partition coefficient (Wildman–Crippen LogP) is 3.99. The van der Waals surface area contributed by atoms with Crippen molar-refractivity contribution < 1.29 is 0 Å². The summed E-state index contributed by atoms with van der Waals surface area (Å²) < 4.78 is 0. The molecule has 1 aliphatic heterocycles. The maximum atomic E-state index is 5.83. The van der Waals surface area contributed by atoms with E-state index in [-0.39, 0.29) is 0 Å². The Labute approximate surface area is 111 Å². The second-order valence-electron chi connectivity index (χ2n) is 5.39. The zero-order valence-electron chi connectivity index (χ0n) is 11.6. The van der Waals surface area contributed by atoms with Crippen LogP contribution in [0.15, 0.2) is 18.2 Å². The van der Waals surface area contributed by atoms with E-state index in [1.54, 1.807) is 0 Å². The molecule has 0 fully saturated rings. The van der Waals surface area contributed by atoms with E-state index in [1.807, 2.05) is 6.07 Å². The number of nitrogen functional groups attached to an aromatic ring is 1. The first kappa shape index (κ1) is 13.3. The van der Waals surface area contributed by atoms with Gasteiger partial charge in [-0.25, -0.2) is 0 Å². The Morgan fingerprint density at radius 3 is 2.72 bits per heavy atom. The standard InChI is InChI=1S/C16H26N2/c1-2-3-4-5-6-7-11-18-12-10-14-13-15(17)8-9-16(14)18/h8-9,13H,2-7,10-12,17H2,1H3. The molecule has 2 nitrogen and oxygen atoms in total. The Balaban J connectivity index is 1.73. The van der Waals surface area contributed by atoms with Crippen molar-refractivity contribution in [2.45, 2.75) is 51.9 Å². The molecule has 0 aliphatic carbocycles. The monoisotopic (exact) mass is 246 g/mol. The lowest BCUT2D eigenvalue weighted by atomic mass is 10.1. The van der Waals surface area contributed by atoms with Crippen molar-refractivity contribution in [2.75, 3.05) is 23.7 Å². The fourth-order valence-electron chi connectivity index (χ4n) is 2.81. The van der Waals surface area contributed by atoms with Gasteiger partial charge < -0.3 is 10.6 Å². The number of hydrogen-bond donors (Lipinski definition) is 1. The lowest BCUT2D eigenvalue weighted by molar-refractivity contribution is 0.602. The molecule has 18 heavy (non-hydrogen) atoms. The predicted molar refractivity (Wildman–Crippen MR) is 80.1 cm³/mol. The van der Waals surface area contributed by atoms with Crippen molar-refractivity contribution in [3.63, 3.8) is 0 Å². The minimum absolute atomic E-state index is 0.898. The zero-order chi connectivity index (χ0) is 12.8. The van der Waals surface area contributed by atoms with Crippen LogP contribution in [0.25, 0.3) is 0 Å². The first-order valence-corrected chi connectivity index (χ1v) is 7.44. The molecule has 0 saturated carbocycles. The summed E-state index contributed by atoms with van der Waals surface area (Å²) >= 11 is 0. The molecule has 0 spiro atoms. The van der Waals surface area contributed by atoms with Gasteiger partial charge in [0.1, 0.15) is 0 Å². The van der Waals surface area contributed by atoms with Crippen molar-refractivity contribution in [1.82, 2.24) is 0 Å². The van der Waals surface area contributed by atoms with Crippen molar-refractivity contribution in [1.29, 1.82) is 0 Å². The Hall–Kier alpha value is -1.18. The largest absolute Gasteiger partial charge is 0.399 e. The van der Waals surface area contributed by atoms with Crippen LogP contribution in [0, 0.1) is 0 Å². The molecule has 0 unspecified atom stereocenters. The van der Waals surface area contributed by atoms with Crippen LogP contribution in [-0.4, -0.2) is 13.1 Å². The first-order valence-electron chi connectivity index (χ1n) is 7.44. The quantitative estimate of drug-likeness (QED) is 0.582. The SMILES string of the molecule is CCCCCCCCN1CCc2cc(N)ccc21. The average molecular weight is 246 g/mol. The van der Waals surface area contributed by atoms with E-state index in [0.717, 1.165) is 12.1 Å². The van der Waals surface area contributed by atoms with Crippen LogP contribution in [-0.2, 0) is 6.42 Å².